The molecule has 0 saturated carbocycles. The van der Waals surface area contributed by atoms with Gasteiger partial charge in [-0.15, -0.1) is 11.3 Å². The molecule has 1 N–H and O–H groups in total. The first-order chi connectivity index (χ1) is 7.47. The normalized spacial score (nSPS) is 29.1. The topological polar surface area (TPSA) is 59.1 Å². The van der Waals surface area contributed by atoms with E-state index in [1.807, 2.05) is 19.4 Å². The molecule has 2 rings (SSSR count). The summed E-state index contributed by atoms with van der Waals surface area (Å²) < 4.78 is 23.5. The zero-order valence-electron chi connectivity index (χ0n) is 9.49. The van der Waals surface area contributed by atoms with Crippen LogP contribution < -0.4 is 5.32 Å². The van der Waals surface area contributed by atoms with E-state index >= 15 is 0 Å². The van der Waals surface area contributed by atoms with E-state index in [1.165, 1.54) is 0 Å². The third-order valence-corrected chi connectivity index (χ3v) is 6.04. The quantitative estimate of drug-likeness (QED) is 0.864. The first kappa shape index (κ1) is 12.0. The van der Waals surface area contributed by atoms with Gasteiger partial charge >= 0.3 is 0 Å². The molecule has 0 spiro atoms. The molecule has 6 heteroatoms. The van der Waals surface area contributed by atoms with Crippen molar-refractivity contribution in [2.45, 2.75) is 25.3 Å². The predicted molar refractivity (Wildman–Crippen MR) is 65.5 cm³/mol. The maximum Gasteiger partial charge on any atom is 0.152 e. The average Bonchev–Trinajstić information content (AvgIpc) is 2.63. The number of aryl methyl sites for hydroxylation is 1. The zero-order chi connectivity index (χ0) is 11.8. The monoisotopic (exact) mass is 260 g/mol. The molecular weight excluding hydrogens is 244 g/mol. The van der Waals surface area contributed by atoms with E-state index in [0.29, 0.717) is 12.2 Å². The smallest absolute Gasteiger partial charge is 0.152 e. The summed E-state index contributed by atoms with van der Waals surface area (Å²) in [5.41, 5.74) is 0.494. The third kappa shape index (κ3) is 2.14. The van der Waals surface area contributed by atoms with Gasteiger partial charge in [0, 0.05) is 11.1 Å². The Balaban J connectivity index is 2.39. The molecule has 1 aliphatic rings. The van der Waals surface area contributed by atoms with Crippen molar-refractivity contribution in [2.75, 3.05) is 18.6 Å². The SMILES string of the molecule is CNC1(c2nc(C)cs2)CCCS(=O)(=O)C1. The highest BCUT2D eigenvalue weighted by atomic mass is 32.2. The maximum absolute atomic E-state index is 11.7. The van der Waals surface area contributed by atoms with Crippen LogP contribution in [0.4, 0.5) is 0 Å². The minimum Gasteiger partial charge on any atom is -0.308 e. The number of rotatable bonds is 2. The molecule has 1 aromatic heterocycles. The molecule has 16 heavy (non-hydrogen) atoms. The molecule has 90 valence electrons. The molecule has 0 aromatic carbocycles. The van der Waals surface area contributed by atoms with Crippen molar-refractivity contribution in [3.8, 4) is 0 Å². The lowest BCUT2D eigenvalue weighted by Crippen LogP contribution is -2.49. The number of aromatic nitrogens is 1. The second kappa shape index (κ2) is 4.09. The third-order valence-electron chi connectivity index (χ3n) is 3.03. The van der Waals surface area contributed by atoms with Crippen LogP contribution in [0.15, 0.2) is 5.38 Å². The van der Waals surface area contributed by atoms with E-state index in [2.05, 4.69) is 10.3 Å². The fourth-order valence-electron chi connectivity index (χ4n) is 2.16. The second-order valence-electron chi connectivity index (χ2n) is 4.32. The fourth-order valence-corrected chi connectivity index (χ4v) is 5.19. The van der Waals surface area contributed by atoms with Crippen molar-refractivity contribution in [1.82, 2.24) is 10.3 Å². The molecule has 1 aliphatic heterocycles. The van der Waals surface area contributed by atoms with Crippen LogP contribution in [0, 0.1) is 6.92 Å². The van der Waals surface area contributed by atoms with Crippen LogP contribution in [-0.2, 0) is 15.4 Å². The lowest BCUT2D eigenvalue weighted by atomic mass is 9.96. The van der Waals surface area contributed by atoms with Gasteiger partial charge in [0.25, 0.3) is 0 Å². The van der Waals surface area contributed by atoms with Gasteiger partial charge in [0.2, 0.25) is 0 Å². The summed E-state index contributed by atoms with van der Waals surface area (Å²) in [7, 11) is -1.12. The van der Waals surface area contributed by atoms with E-state index in [0.717, 1.165) is 17.1 Å². The van der Waals surface area contributed by atoms with Crippen LogP contribution in [0.2, 0.25) is 0 Å². The number of hydrogen-bond donors (Lipinski definition) is 1. The minimum absolute atomic E-state index is 0.170. The van der Waals surface area contributed by atoms with Crippen LogP contribution in [0.3, 0.4) is 0 Å². The first-order valence-electron chi connectivity index (χ1n) is 5.29. The van der Waals surface area contributed by atoms with Crippen molar-refractivity contribution in [2.24, 2.45) is 0 Å². The highest BCUT2D eigenvalue weighted by Crippen LogP contribution is 2.34. The van der Waals surface area contributed by atoms with Gasteiger partial charge in [-0.2, -0.15) is 0 Å². The molecule has 2 heterocycles. The number of sulfone groups is 1. The van der Waals surface area contributed by atoms with Gasteiger partial charge in [-0.1, -0.05) is 0 Å². The molecule has 0 amide bonds. The van der Waals surface area contributed by atoms with Crippen molar-refractivity contribution in [3.05, 3.63) is 16.1 Å². The van der Waals surface area contributed by atoms with E-state index in [9.17, 15) is 8.42 Å². The standard InChI is InChI=1S/C10H16N2O2S2/c1-8-6-15-9(12-8)10(11-2)4-3-5-16(13,14)7-10/h6,11H,3-5,7H2,1-2H3. The van der Waals surface area contributed by atoms with Gasteiger partial charge in [0.05, 0.1) is 17.0 Å². The molecule has 1 atom stereocenters. The summed E-state index contributed by atoms with van der Waals surface area (Å²) in [6.07, 6.45) is 1.55. The Morgan fingerprint density at radius 3 is 2.81 bits per heavy atom. The van der Waals surface area contributed by atoms with Crippen LogP contribution in [0.25, 0.3) is 0 Å². The molecule has 1 unspecified atom stereocenters. The van der Waals surface area contributed by atoms with E-state index < -0.39 is 15.4 Å². The summed E-state index contributed by atoms with van der Waals surface area (Å²) in [6.45, 7) is 1.93. The van der Waals surface area contributed by atoms with Gasteiger partial charge in [0.1, 0.15) is 5.01 Å². The van der Waals surface area contributed by atoms with Crippen LogP contribution in [-0.4, -0.2) is 32.0 Å². The maximum atomic E-state index is 11.7. The van der Waals surface area contributed by atoms with Crippen LogP contribution in [0.5, 0.6) is 0 Å². The number of nitrogens with zero attached hydrogens (tertiary/aromatic N) is 1. The number of thiazole rings is 1. The molecule has 4 nitrogen and oxygen atoms in total. The van der Waals surface area contributed by atoms with Gasteiger partial charge in [-0.3, -0.25) is 0 Å². The lowest BCUT2D eigenvalue weighted by molar-refractivity contribution is 0.351. The summed E-state index contributed by atoms with van der Waals surface area (Å²) in [5.74, 6) is 0.476. The van der Waals surface area contributed by atoms with Crippen LogP contribution in [0.1, 0.15) is 23.5 Å². The second-order valence-corrected chi connectivity index (χ2v) is 7.36. The average molecular weight is 260 g/mol. The van der Waals surface area contributed by atoms with Crippen molar-refractivity contribution in [1.29, 1.82) is 0 Å². The van der Waals surface area contributed by atoms with Crippen molar-refractivity contribution < 1.29 is 8.42 Å². The van der Waals surface area contributed by atoms with Gasteiger partial charge in [0.15, 0.2) is 9.84 Å². The van der Waals surface area contributed by atoms with E-state index in [1.54, 1.807) is 11.3 Å². The number of hydrogen-bond acceptors (Lipinski definition) is 5. The van der Waals surface area contributed by atoms with E-state index in [4.69, 9.17) is 0 Å². The van der Waals surface area contributed by atoms with Crippen molar-refractivity contribution in [3.63, 3.8) is 0 Å². The zero-order valence-corrected chi connectivity index (χ0v) is 11.1. The molecule has 0 aliphatic carbocycles. The highest BCUT2D eigenvalue weighted by molar-refractivity contribution is 7.91. The van der Waals surface area contributed by atoms with Crippen LogP contribution >= 0.6 is 11.3 Å². The first-order valence-corrected chi connectivity index (χ1v) is 7.99. The van der Waals surface area contributed by atoms with Gasteiger partial charge in [-0.25, -0.2) is 13.4 Å². The Morgan fingerprint density at radius 2 is 2.31 bits per heavy atom. The minimum atomic E-state index is -2.94. The summed E-state index contributed by atoms with van der Waals surface area (Å²) in [4.78, 5) is 4.43. The molecular formula is C10H16N2O2S2. The number of nitrogens with one attached hydrogen (secondary N) is 1. The Kier molecular flexibility index (Phi) is 3.07. The largest absolute Gasteiger partial charge is 0.308 e. The molecule has 1 aromatic rings. The summed E-state index contributed by atoms with van der Waals surface area (Å²) in [5, 5.41) is 6.04. The molecule has 0 radical (unpaired) electrons. The van der Waals surface area contributed by atoms with Gasteiger partial charge in [-0.05, 0) is 26.8 Å². The van der Waals surface area contributed by atoms with Gasteiger partial charge < -0.3 is 5.32 Å². The Bertz CT molecular complexity index is 481. The summed E-state index contributed by atoms with van der Waals surface area (Å²) in [6, 6.07) is 0. The molecule has 1 fully saturated rings. The summed E-state index contributed by atoms with van der Waals surface area (Å²) >= 11 is 1.54. The Hall–Kier alpha value is -0.460. The van der Waals surface area contributed by atoms with E-state index in [-0.39, 0.29) is 5.75 Å². The Labute approximate surface area is 100 Å². The Morgan fingerprint density at radius 1 is 1.56 bits per heavy atom. The fraction of sp³-hybridized carbons (Fsp3) is 0.700. The predicted octanol–water partition coefficient (Wildman–Crippen LogP) is 1.07. The lowest BCUT2D eigenvalue weighted by Gasteiger charge is -2.34. The highest BCUT2D eigenvalue weighted by Gasteiger charge is 2.41. The van der Waals surface area contributed by atoms with Crippen molar-refractivity contribution >= 4 is 21.2 Å². The molecule has 0 bridgehead atoms. The molecule has 1 saturated heterocycles.